The van der Waals surface area contributed by atoms with E-state index in [2.05, 4.69) is 25.9 Å². The Morgan fingerprint density at radius 2 is 1.64 bits per heavy atom. The van der Waals surface area contributed by atoms with Crippen molar-refractivity contribution in [1.29, 1.82) is 0 Å². The molecule has 0 bridgehead atoms. The summed E-state index contributed by atoms with van der Waals surface area (Å²) in [5, 5.41) is 19.8. The maximum absolute atomic E-state index is 14.2. The molecule has 12 nitrogen and oxygen atoms in total. The van der Waals surface area contributed by atoms with Crippen molar-refractivity contribution < 1.29 is 29.0 Å². The third-order valence-corrected chi connectivity index (χ3v) is 10.8. The van der Waals surface area contributed by atoms with Gasteiger partial charge in [0.05, 0.1) is 28.2 Å². The number of carbonyl (C=O) groups is 4. The number of unbranched alkanes of at least 4 members (excludes halogenated alkanes) is 7. The molecule has 0 aliphatic carbocycles. The van der Waals surface area contributed by atoms with Gasteiger partial charge in [0.25, 0.3) is 5.91 Å². The van der Waals surface area contributed by atoms with Crippen molar-refractivity contribution in [2.45, 2.75) is 149 Å². The topological polar surface area (TPSA) is 162 Å². The molecule has 4 N–H and O–H groups in total. The summed E-state index contributed by atoms with van der Waals surface area (Å²) in [6, 6.07) is 6.31. The lowest BCUT2D eigenvalue weighted by molar-refractivity contribution is -0.139. The zero-order valence-corrected chi connectivity index (χ0v) is 33.7. The van der Waals surface area contributed by atoms with E-state index in [1.165, 1.54) is 0 Å². The minimum atomic E-state index is -1.13. The van der Waals surface area contributed by atoms with Crippen LogP contribution in [-0.4, -0.2) is 81.5 Å². The number of likely N-dealkylation sites (tertiary alicyclic amines) is 1. The highest BCUT2D eigenvalue weighted by molar-refractivity contribution is 7.13. The van der Waals surface area contributed by atoms with Crippen molar-refractivity contribution in [1.82, 2.24) is 25.8 Å². The van der Waals surface area contributed by atoms with Crippen LogP contribution in [0.25, 0.3) is 10.4 Å². The average molecular weight is 753 g/mol. The van der Waals surface area contributed by atoms with E-state index in [1.54, 1.807) is 23.2 Å². The van der Waals surface area contributed by atoms with E-state index in [0.29, 0.717) is 18.8 Å². The summed E-state index contributed by atoms with van der Waals surface area (Å²) < 4.78 is 5.25. The standard InChI is InChI=1S/C40H60N6O6S/c1-26-32(53-25-42-26)27-18-20-28(21-19-27)40(8)36(50)44-34(45-40)30-23-29(47)24-46(30)35(49)33(38(2,3)4)43-31(48)17-15-13-11-9-10-12-14-16-22-41-37(51)52-39(5,6)7/h18-21,25,29-30,33,47H,9-17,22-24H2,1-8H3,(H,41,51)(H,43,48)(H,44,45,50)/t29-,30+,33-,40+/m1/s1. The molecule has 2 aromatic rings. The van der Waals surface area contributed by atoms with Crippen LogP contribution in [0.1, 0.15) is 124 Å². The minimum Gasteiger partial charge on any atom is -0.444 e. The number of aryl methyl sites for hydroxylation is 1. The lowest BCUT2D eigenvalue weighted by Gasteiger charge is -2.36. The number of rotatable bonds is 16. The molecule has 0 radical (unpaired) electrons. The first-order chi connectivity index (χ1) is 24.9. The maximum atomic E-state index is 14.2. The number of ether oxygens (including phenoxy) is 1. The molecule has 1 fully saturated rings. The number of alkyl carbamates (subject to hydrolysis) is 1. The van der Waals surface area contributed by atoms with Gasteiger partial charge >= 0.3 is 6.09 Å². The highest BCUT2D eigenvalue weighted by Crippen LogP contribution is 2.34. The summed E-state index contributed by atoms with van der Waals surface area (Å²) in [6.45, 7) is 15.7. The Kier molecular flexibility index (Phi) is 14.2. The van der Waals surface area contributed by atoms with Crippen LogP contribution >= 0.6 is 11.3 Å². The number of carbonyl (C=O) groups excluding carboxylic acids is 4. The van der Waals surface area contributed by atoms with Crippen LogP contribution in [-0.2, 0) is 24.7 Å². The minimum absolute atomic E-state index is 0.0840. The van der Waals surface area contributed by atoms with Gasteiger partial charge in [0.15, 0.2) is 0 Å². The van der Waals surface area contributed by atoms with E-state index in [-0.39, 0.29) is 36.8 Å². The zero-order chi connectivity index (χ0) is 39.0. The number of nitrogens with zero attached hydrogens (tertiary/aromatic N) is 3. The number of hydrogen-bond donors (Lipinski definition) is 4. The highest BCUT2D eigenvalue weighted by atomic mass is 32.1. The number of aliphatic hydroxyl groups excluding tert-OH is 1. The number of hydrogen-bond acceptors (Lipinski definition) is 9. The third kappa shape index (κ3) is 11.6. The van der Waals surface area contributed by atoms with Crippen LogP contribution in [0.15, 0.2) is 34.8 Å². The predicted molar refractivity (Wildman–Crippen MR) is 209 cm³/mol. The molecule has 0 spiro atoms. The van der Waals surface area contributed by atoms with Gasteiger partial charge in [-0.3, -0.25) is 14.4 Å². The number of thiazole rings is 1. The molecule has 2 aliphatic heterocycles. The van der Waals surface area contributed by atoms with Crippen molar-refractivity contribution in [3.8, 4) is 10.4 Å². The van der Waals surface area contributed by atoms with Crippen molar-refractivity contribution >= 4 is 41.0 Å². The first kappa shape index (κ1) is 41.9. The summed E-state index contributed by atoms with van der Waals surface area (Å²) in [5.41, 5.74) is 2.30. The number of aromatic nitrogens is 1. The normalized spacial score (nSPS) is 20.9. The van der Waals surface area contributed by atoms with E-state index in [9.17, 15) is 24.3 Å². The zero-order valence-electron chi connectivity index (χ0n) is 32.8. The van der Waals surface area contributed by atoms with Gasteiger partial charge < -0.3 is 30.7 Å². The molecule has 1 aromatic carbocycles. The van der Waals surface area contributed by atoms with Crippen molar-refractivity contribution in [3.05, 3.63) is 41.0 Å². The van der Waals surface area contributed by atoms with E-state index < -0.39 is 34.7 Å². The van der Waals surface area contributed by atoms with Crippen LogP contribution in [0, 0.1) is 12.3 Å². The molecule has 1 aromatic heterocycles. The van der Waals surface area contributed by atoms with Gasteiger partial charge in [-0.15, -0.1) is 11.3 Å². The van der Waals surface area contributed by atoms with Gasteiger partial charge in [-0.25, -0.2) is 9.78 Å². The number of benzene rings is 1. The second-order valence-electron chi connectivity index (χ2n) is 16.7. The summed E-state index contributed by atoms with van der Waals surface area (Å²) in [6.07, 6.45) is 7.30. The molecule has 1 saturated heterocycles. The Hall–Kier alpha value is -3.84. The maximum Gasteiger partial charge on any atom is 0.407 e. The quantitative estimate of drug-likeness (QED) is 0.144. The Balaban J connectivity index is 1.24. The van der Waals surface area contributed by atoms with Crippen LogP contribution in [0.5, 0.6) is 0 Å². The fourth-order valence-electron chi connectivity index (χ4n) is 6.79. The van der Waals surface area contributed by atoms with Crippen molar-refractivity contribution in [2.24, 2.45) is 10.4 Å². The number of nitrogens with one attached hydrogen (secondary N) is 3. The Bertz CT molecular complexity index is 1610. The van der Waals surface area contributed by atoms with Gasteiger partial charge in [0.1, 0.15) is 23.0 Å². The molecule has 0 saturated carbocycles. The molecule has 4 rings (SSSR count). The van der Waals surface area contributed by atoms with Crippen LogP contribution in [0.3, 0.4) is 0 Å². The van der Waals surface area contributed by atoms with E-state index in [0.717, 1.165) is 73.1 Å². The molecule has 4 amide bonds. The molecule has 53 heavy (non-hydrogen) atoms. The lowest BCUT2D eigenvalue weighted by Crippen LogP contribution is -2.58. The highest BCUT2D eigenvalue weighted by Gasteiger charge is 2.49. The number of amidine groups is 1. The van der Waals surface area contributed by atoms with Gasteiger partial charge in [-0.2, -0.15) is 4.99 Å². The smallest absolute Gasteiger partial charge is 0.407 e. The SMILES string of the molecule is Cc1ncsc1-c1ccc([C@]2(C)NC([C@@H]3C[C@@H](O)CN3C(=O)[C@@H](NC(=O)CCCCCCCCCCNC(=O)OC(C)(C)C)C(C)(C)C)=NC2=O)cc1. The third-order valence-electron chi connectivity index (χ3n) is 9.79. The second kappa shape index (κ2) is 18.0. The summed E-state index contributed by atoms with van der Waals surface area (Å²) in [5.74, 6) is -0.496. The van der Waals surface area contributed by atoms with Crippen molar-refractivity contribution in [3.63, 3.8) is 0 Å². The largest absolute Gasteiger partial charge is 0.444 e. The Morgan fingerprint density at radius 1 is 1.02 bits per heavy atom. The molecule has 13 heteroatoms. The summed E-state index contributed by atoms with van der Waals surface area (Å²) in [4.78, 5) is 63.8. The summed E-state index contributed by atoms with van der Waals surface area (Å²) in [7, 11) is 0. The predicted octanol–water partition coefficient (Wildman–Crippen LogP) is 6.39. The van der Waals surface area contributed by atoms with Crippen molar-refractivity contribution in [2.75, 3.05) is 13.1 Å². The lowest BCUT2D eigenvalue weighted by atomic mass is 9.85. The molecular weight excluding hydrogens is 693 g/mol. The summed E-state index contributed by atoms with van der Waals surface area (Å²) >= 11 is 1.56. The number of β-amino-alcohol motifs (C(OH)–C–C–N with tert-alkyl or cyclic N) is 1. The van der Waals surface area contributed by atoms with Gasteiger partial charge in [-0.1, -0.05) is 83.6 Å². The van der Waals surface area contributed by atoms with Crippen LogP contribution < -0.4 is 16.0 Å². The Morgan fingerprint density at radius 3 is 2.23 bits per heavy atom. The molecule has 3 heterocycles. The van der Waals surface area contributed by atoms with E-state index in [1.807, 2.05) is 78.2 Å². The fraction of sp³-hybridized carbons (Fsp3) is 0.650. The van der Waals surface area contributed by atoms with E-state index >= 15 is 0 Å². The monoisotopic (exact) mass is 752 g/mol. The van der Waals surface area contributed by atoms with Gasteiger partial charge in [-0.05, 0) is 64.0 Å². The number of amides is 4. The average Bonchev–Trinajstić information content (AvgIpc) is 3.77. The van der Waals surface area contributed by atoms with Crippen LogP contribution in [0.4, 0.5) is 4.79 Å². The first-order valence-corrected chi connectivity index (χ1v) is 19.9. The number of aliphatic hydroxyl groups is 1. The molecule has 0 unspecified atom stereocenters. The van der Waals surface area contributed by atoms with Crippen LogP contribution in [0.2, 0.25) is 0 Å². The molecule has 292 valence electrons. The second-order valence-corrected chi connectivity index (χ2v) is 17.5. The fourth-order valence-corrected chi connectivity index (χ4v) is 7.60. The molecule has 2 aliphatic rings. The van der Waals surface area contributed by atoms with Gasteiger partial charge in [0.2, 0.25) is 11.8 Å². The molecular formula is C40H60N6O6S. The first-order valence-electron chi connectivity index (χ1n) is 19.1. The Labute approximate surface area is 319 Å². The number of aliphatic imine (C=N–C) groups is 1. The molecule has 4 atom stereocenters. The van der Waals surface area contributed by atoms with E-state index in [4.69, 9.17) is 4.74 Å². The van der Waals surface area contributed by atoms with Gasteiger partial charge in [0, 0.05) is 25.9 Å².